The Bertz CT molecular complexity index is 215. The van der Waals surface area contributed by atoms with Crippen molar-refractivity contribution in [2.75, 3.05) is 13.1 Å². The van der Waals surface area contributed by atoms with Crippen LogP contribution in [-0.2, 0) is 4.79 Å². The number of carboxylic acids is 1. The van der Waals surface area contributed by atoms with Crippen LogP contribution in [0.25, 0.3) is 0 Å². The molecule has 3 nitrogen and oxygen atoms in total. The fourth-order valence-electron chi connectivity index (χ4n) is 0.980. The highest BCUT2D eigenvalue weighted by Crippen LogP contribution is 2.01. The van der Waals surface area contributed by atoms with Crippen LogP contribution in [0.5, 0.6) is 0 Å². The SMILES string of the molecule is CC#CCN(CC(=O)O)C(C)CC. The molecule has 0 aliphatic rings. The molecule has 74 valence electrons. The molecule has 0 spiro atoms. The summed E-state index contributed by atoms with van der Waals surface area (Å²) in [7, 11) is 0. The first-order chi connectivity index (χ1) is 6.11. The van der Waals surface area contributed by atoms with Gasteiger partial charge in [0.25, 0.3) is 0 Å². The summed E-state index contributed by atoms with van der Waals surface area (Å²) in [5.74, 6) is 4.85. The molecule has 13 heavy (non-hydrogen) atoms. The molecule has 0 radical (unpaired) electrons. The third-order valence-electron chi connectivity index (χ3n) is 2.01. The first kappa shape index (κ1) is 12.0. The van der Waals surface area contributed by atoms with Gasteiger partial charge < -0.3 is 5.11 Å². The molecule has 0 aliphatic heterocycles. The van der Waals surface area contributed by atoms with Crippen LogP contribution in [0.1, 0.15) is 27.2 Å². The van der Waals surface area contributed by atoms with Crippen molar-refractivity contribution < 1.29 is 9.90 Å². The molecule has 0 saturated carbocycles. The van der Waals surface area contributed by atoms with Gasteiger partial charge >= 0.3 is 5.97 Å². The van der Waals surface area contributed by atoms with Crippen molar-refractivity contribution in [3.8, 4) is 11.8 Å². The lowest BCUT2D eigenvalue weighted by molar-refractivity contribution is -0.138. The molecule has 0 aliphatic carbocycles. The minimum absolute atomic E-state index is 0.0731. The zero-order valence-electron chi connectivity index (χ0n) is 8.50. The number of carbonyl (C=O) groups is 1. The van der Waals surface area contributed by atoms with E-state index >= 15 is 0 Å². The summed E-state index contributed by atoms with van der Waals surface area (Å²) in [5.41, 5.74) is 0. The second-order valence-corrected chi connectivity index (χ2v) is 2.98. The summed E-state index contributed by atoms with van der Waals surface area (Å²) in [6, 6.07) is 0.275. The summed E-state index contributed by atoms with van der Waals surface area (Å²) in [5, 5.41) is 8.64. The molecule has 0 aromatic carbocycles. The zero-order valence-corrected chi connectivity index (χ0v) is 8.50. The van der Waals surface area contributed by atoms with Crippen molar-refractivity contribution in [3.63, 3.8) is 0 Å². The molecule has 3 heteroatoms. The Morgan fingerprint density at radius 1 is 1.62 bits per heavy atom. The van der Waals surface area contributed by atoms with Crippen LogP contribution in [0, 0.1) is 11.8 Å². The van der Waals surface area contributed by atoms with Crippen LogP contribution >= 0.6 is 0 Å². The van der Waals surface area contributed by atoms with E-state index in [9.17, 15) is 4.79 Å². The van der Waals surface area contributed by atoms with Crippen LogP contribution in [0.2, 0.25) is 0 Å². The fourth-order valence-corrected chi connectivity index (χ4v) is 0.980. The smallest absolute Gasteiger partial charge is 0.317 e. The highest BCUT2D eigenvalue weighted by molar-refractivity contribution is 5.69. The molecule has 1 atom stereocenters. The van der Waals surface area contributed by atoms with Crippen molar-refractivity contribution in [1.82, 2.24) is 4.90 Å². The van der Waals surface area contributed by atoms with Crippen LogP contribution < -0.4 is 0 Å². The van der Waals surface area contributed by atoms with Gasteiger partial charge in [-0.25, -0.2) is 0 Å². The number of rotatable bonds is 5. The van der Waals surface area contributed by atoms with E-state index in [1.807, 2.05) is 18.7 Å². The van der Waals surface area contributed by atoms with Crippen LogP contribution in [0.3, 0.4) is 0 Å². The van der Waals surface area contributed by atoms with Gasteiger partial charge in [0.1, 0.15) is 0 Å². The van der Waals surface area contributed by atoms with Gasteiger partial charge in [-0.1, -0.05) is 12.8 Å². The van der Waals surface area contributed by atoms with Gasteiger partial charge in [0.05, 0.1) is 13.1 Å². The second kappa shape index (κ2) is 6.50. The molecule has 1 unspecified atom stereocenters. The van der Waals surface area contributed by atoms with Crippen molar-refractivity contribution in [2.24, 2.45) is 0 Å². The van der Waals surface area contributed by atoms with Crippen molar-refractivity contribution in [2.45, 2.75) is 33.2 Å². The van der Waals surface area contributed by atoms with Crippen LogP contribution in [0.4, 0.5) is 0 Å². The number of hydrogen-bond donors (Lipinski definition) is 1. The van der Waals surface area contributed by atoms with Gasteiger partial charge in [0.2, 0.25) is 0 Å². The van der Waals surface area contributed by atoms with Crippen LogP contribution in [0.15, 0.2) is 0 Å². The van der Waals surface area contributed by atoms with Gasteiger partial charge in [-0.3, -0.25) is 9.69 Å². The van der Waals surface area contributed by atoms with Crippen molar-refractivity contribution in [1.29, 1.82) is 0 Å². The van der Waals surface area contributed by atoms with Crippen molar-refractivity contribution >= 4 is 5.97 Å². The summed E-state index contributed by atoms with van der Waals surface area (Å²) in [4.78, 5) is 12.4. The Morgan fingerprint density at radius 2 is 2.23 bits per heavy atom. The highest BCUT2D eigenvalue weighted by atomic mass is 16.4. The maximum Gasteiger partial charge on any atom is 0.317 e. The topological polar surface area (TPSA) is 40.5 Å². The minimum atomic E-state index is -0.793. The average molecular weight is 183 g/mol. The van der Waals surface area contributed by atoms with Gasteiger partial charge in [0, 0.05) is 6.04 Å². The quantitative estimate of drug-likeness (QED) is 0.651. The van der Waals surface area contributed by atoms with E-state index in [0.717, 1.165) is 6.42 Å². The zero-order chi connectivity index (χ0) is 10.3. The lowest BCUT2D eigenvalue weighted by Crippen LogP contribution is -2.37. The maximum absolute atomic E-state index is 10.5. The summed E-state index contributed by atoms with van der Waals surface area (Å²) < 4.78 is 0. The number of nitrogens with zero attached hydrogens (tertiary/aromatic N) is 1. The number of hydrogen-bond acceptors (Lipinski definition) is 2. The molecule has 1 N–H and O–H groups in total. The van der Waals surface area contributed by atoms with E-state index in [2.05, 4.69) is 11.8 Å². The van der Waals surface area contributed by atoms with E-state index in [4.69, 9.17) is 5.11 Å². The molecule has 0 saturated heterocycles. The van der Waals surface area contributed by atoms with Gasteiger partial charge in [0.15, 0.2) is 0 Å². The predicted molar refractivity (Wildman–Crippen MR) is 52.4 cm³/mol. The molecular formula is C10H17NO2. The Kier molecular flexibility index (Phi) is 5.99. The number of aliphatic carboxylic acids is 1. The molecule has 0 aromatic rings. The summed E-state index contributed by atoms with van der Waals surface area (Å²) >= 11 is 0. The third kappa shape index (κ3) is 5.26. The minimum Gasteiger partial charge on any atom is -0.480 e. The first-order valence-electron chi connectivity index (χ1n) is 4.47. The maximum atomic E-state index is 10.5. The average Bonchev–Trinajstić information content (AvgIpc) is 2.10. The molecule has 0 bridgehead atoms. The Hall–Kier alpha value is -1.01. The highest BCUT2D eigenvalue weighted by Gasteiger charge is 2.13. The largest absolute Gasteiger partial charge is 0.480 e. The van der Waals surface area contributed by atoms with Gasteiger partial charge in [-0.05, 0) is 20.3 Å². The van der Waals surface area contributed by atoms with E-state index in [-0.39, 0.29) is 12.6 Å². The van der Waals surface area contributed by atoms with E-state index < -0.39 is 5.97 Å². The first-order valence-corrected chi connectivity index (χ1v) is 4.47. The normalized spacial score (nSPS) is 12.0. The molecular weight excluding hydrogens is 166 g/mol. The molecule has 0 heterocycles. The Morgan fingerprint density at radius 3 is 2.62 bits per heavy atom. The van der Waals surface area contributed by atoms with Crippen molar-refractivity contribution in [3.05, 3.63) is 0 Å². The summed E-state index contributed by atoms with van der Waals surface area (Å²) in [6.07, 6.45) is 0.943. The molecule has 0 amide bonds. The molecule has 0 rings (SSSR count). The van der Waals surface area contributed by atoms with Crippen LogP contribution in [-0.4, -0.2) is 35.1 Å². The monoisotopic (exact) mass is 183 g/mol. The number of carboxylic acid groups (broad SMARTS) is 1. The second-order valence-electron chi connectivity index (χ2n) is 2.98. The van der Waals surface area contributed by atoms with E-state index in [0.29, 0.717) is 6.54 Å². The summed E-state index contributed by atoms with van der Waals surface area (Å²) in [6.45, 7) is 6.43. The Labute approximate surface area is 79.7 Å². The standard InChI is InChI=1S/C10H17NO2/c1-4-6-7-11(8-10(12)13)9(3)5-2/h9H,5,7-8H2,1-3H3,(H,12,13). The molecule has 0 aromatic heterocycles. The molecule has 0 fully saturated rings. The van der Waals surface area contributed by atoms with E-state index in [1.54, 1.807) is 6.92 Å². The fraction of sp³-hybridized carbons (Fsp3) is 0.700. The van der Waals surface area contributed by atoms with Gasteiger partial charge in [-0.2, -0.15) is 0 Å². The predicted octanol–water partition coefficient (Wildman–Crippen LogP) is 1.19. The third-order valence-corrected chi connectivity index (χ3v) is 2.01. The van der Waals surface area contributed by atoms with E-state index in [1.165, 1.54) is 0 Å². The Balaban J connectivity index is 4.14. The lowest BCUT2D eigenvalue weighted by Gasteiger charge is -2.23. The van der Waals surface area contributed by atoms with Gasteiger partial charge in [-0.15, -0.1) is 5.92 Å². The lowest BCUT2D eigenvalue weighted by atomic mass is 10.2.